The van der Waals surface area contributed by atoms with Gasteiger partial charge in [0.2, 0.25) is 11.9 Å². The van der Waals surface area contributed by atoms with Gasteiger partial charge < -0.3 is 5.32 Å². The highest BCUT2D eigenvalue weighted by atomic mass is 32.2. The summed E-state index contributed by atoms with van der Waals surface area (Å²) in [4.78, 5) is 9.59. The second-order valence-corrected chi connectivity index (χ2v) is 8.46. The van der Waals surface area contributed by atoms with Crippen molar-refractivity contribution in [1.82, 2.24) is 14.5 Å². The van der Waals surface area contributed by atoms with Crippen LogP contribution in [0.5, 0.6) is 0 Å². The topological polar surface area (TPSA) is 110 Å². The molecule has 1 atom stereocenters. The lowest BCUT2D eigenvalue weighted by Gasteiger charge is -2.39. The summed E-state index contributed by atoms with van der Waals surface area (Å²) >= 11 is 0. The predicted octanol–water partition coefficient (Wildman–Crippen LogP) is 3.52. The normalized spacial score (nSPS) is 18.8. The van der Waals surface area contributed by atoms with Gasteiger partial charge in [0.25, 0.3) is 0 Å². The molecule has 2 aliphatic rings. The van der Waals surface area contributed by atoms with Crippen LogP contribution in [-0.4, -0.2) is 24.7 Å². The molecule has 1 saturated carbocycles. The van der Waals surface area contributed by atoms with Crippen LogP contribution in [0.1, 0.15) is 32.1 Å². The van der Waals surface area contributed by atoms with Crippen molar-refractivity contribution in [2.24, 2.45) is 10.2 Å². The van der Waals surface area contributed by atoms with Crippen molar-refractivity contribution in [3.8, 4) is 0 Å². The number of benzene rings is 1. The van der Waals surface area contributed by atoms with E-state index in [2.05, 4.69) is 25.8 Å². The predicted molar refractivity (Wildman–Crippen MR) is 111 cm³/mol. The number of nitrogens with two attached hydrogens (primary N) is 1. The smallest absolute Gasteiger partial charge is 0.233 e. The number of hydrazone groups is 1. The van der Waals surface area contributed by atoms with E-state index in [-0.39, 0.29) is 5.97 Å². The molecule has 2 aromatic heterocycles. The van der Waals surface area contributed by atoms with Crippen LogP contribution in [0.3, 0.4) is 0 Å². The van der Waals surface area contributed by atoms with Crippen molar-refractivity contribution in [3.05, 3.63) is 36.5 Å². The first-order chi connectivity index (χ1) is 14.1. The van der Waals surface area contributed by atoms with Crippen LogP contribution in [-0.2, 0) is 16.5 Å². The molecule has 1 aliphatic carbocycles. The van der Waals surface area contributed by atoms with Gasteiger partial charge in [0.05, 0.1) is 4.90 Å². The van der Waals surface area contributed by atoms with Crippen molar-refractivity contribution in [1.29, 1.82) is 0 Å². The van der Waals surface area contributed by atoms with E-state index in [0.717, 1.165) is 36.2 Å². The van der Waals surface area contributed by atoms with Crippen LogP contribution >= 0.6 is 0 Å². The molecule has 0 radical (unpaired) electrons. The van der Waals surface area contributed by atoms with E-state index >= 15 is 0 Å². The molecule has 1 aromatic carbocycles. The van der Waals surface area contributed by atoms with Gasteiger partial charge in [-0.2, -0.15) is 9.37 Å². The van der Waals surface area contributed by atoms with Crippen LogP contribution in [0, 0.1) is 0 Å². The fourth-order valence-electron chi connectivity index (χ4n) is 4.24. The largest absolute Gasteiger partial charge is 0.324 e. The minimum Gasteiger partial charge on any atom is -0.324 e. The molecule has 10 heteroatoms. The van der Waals surface area contributed by atoms with Crippen molar-refractivity contribution >= 4 is 45.4 Å². The Balaban J connectivity index is 1.55. The van der Waals surface area contributed by atoms with E-state index < -0.39 is 16.5 Å². The van der Waals surface area contributed by atoms with Gasteiger partial charge in [-0.3, -0.25) is 9.99 Å². The van der Waals surface area contributed by atoms with Gasteiger partial charge in [-0.05, 0) is 43.2 Å². The standard InChI is InChI=1S/C19H20FN7OS/c20-17-19(8-2-1-3-9-19)27-15(25-26-17)10-12-11-22-18(24-16(12)27)23-13-4-6-14(7-5-13)29(21)28/h4-7,10-11,25H,1-3,8-9,21H2,(H,22,23,24). The van der Waals surface area contributed by atoms with Crippen molar-refractivity contribution in [2.75, 3.05) is 10.7 Å². The van der Waals surface area contributed by atoms with E-state index in [1.165, 1.54) is 0 Å². The molecule has 29 heavy (non-hydrogen) atoms. The zero-order chi connectivity index (χ0) is 20.0. The highest BCUT2D eigenvalue weighted by Crippen LogP contribution is 2.43. The molecular weight excluding hydrogens is 393 g/mol. The average molecular weight is 413 g/mol. The summed E-state index contributed by atoms with van der Waals surface area (Å²) in [5, 5.41) is 13.3. The Labute approximate surface area is 169 Å². The zero-order valence-corrected chi connectivity index (χ0v) is 16.4. The molecule has 3 aromatic rings. The average Bonchev–Trinajstić information content (AvgIpc) is 3.11. The van der Waals surface area contributed by atoms with Gasteiger partial charge >= 0.3 is 0 Å². The molecular formula is C19H20FN7OS. The molecule has 5 rings (SSSR count). The minimum absolute atomic E-state index is 0.388. The summed E-state index contributed by atoms with van der Waals surface area (Å²) in [6, 6.07) is 8.79. The lowest BCUT2D eigenvalue weighted by atomic mass is 9.81. The highest BCUT2D eigenvalue weighted by Gasteiger charge is 2.44. The summed E-state index contributed by atoms with van der Waals surface area (Å²) in [7, 11) is -1.52. The van der Waals surface area contributed by atoms with Crippen LogP contribution < -0.4 is 15.9 Å². The van der Waals surface area contributed by atoms with E-state index in [1.54, 1.807) is 30.5 Å². The second kappa shape index (κ2) is 6.89. The number of hydrogen-bond donors (Lipinski definition) is 3. The van der Waals surface area contributed by atoms with E-state index in [9.17, 15) is 8.60 Å². The second-order valence-electron chi connectivity index (χ2n) is 7.39. The molecule has 3 heterocycles. The monoisotopic (exact) mass is 413 g/mol. The van der Waals surface area contributed by atoms with Gasteiger partial charge in [0.1, 0.15) is 28.0 Å². The molecule has 0 saturated heterocycles. The number of fused-ring (bicyclic) bond motifs is 4. The maximum atomic E-state index is 14.9. The molecule has 8 nitrogen and oxygen atoms in total. The highest BCUT2D eigenvalue weighted by molar-refractivity contribution is 7.82. The quantitative estimate of drug-likeness (QED) is 0.608. The number of halogens is 1. The zero-order valence-electron chi connectivity index (χ0n) is 15.6. The third kappa shape index (κ3) is 2.99. The Morgan fingerprint density at radius 1 is 1.21 bits per heavy atom. The van der Waals surface area contributed by atoms with Crippen LogP contribution in [0.25, 0.3) is 11.0 Å². The lowest BCUT2D eigenvalue weighted by Crippen LogP contribution is -2.45. The first-order valence-electron chi connectivity index (χ1n) is 9.49. The molecule has 0 amide bonds. The number of nitrogens with zero attached hydrogens (tertiary/aromatic N) is 4. The van der Waals surface area contributed by atoms with Gasteiger partial charge in [0, 0.05) is 17.3 Å². The molecule has 0 bridgehead atoms. The lowest BCUT2D eigenvalue weighted by molar-refractivity contribution is 0.267. The van der Waals surface area contributed by atoms with E-state index in [4.69, 9.17) is 5.14 Å². The summed E-state index contributed by atoms with van der Waals surface area (Å²) < 4.78 is 28.2. The summed E-state index contributed by atoms with van der Waals surface area (Å²) in [6.45, 7) is 0. The van der Waals surface area contributed by atoms with E-state index in [0.29, 0.717) is 29.3 Å². The first-order valence-corrected chi connectivity index (χ1v) is 10.7. The Kier molecular flexibility index (Phi) is 4.32. The van der Waals surface area contributed by atoms with Crippen LogP contribution in [0.15, 0.2) is 46.5 Å². The fourth-order valence-corrected chi connectivity index (χ4v) is 4.64. The Bertz CT molecular complexity index is 1140. The van der Waals surface area contributed by atoms with Gasteiger partial charge in [0.15, 0.2) is 0 Å². The van der Waals surface area contributed by atoms with E-state index in [1.807, 2.05) is 10.6 Å². The number of hydrogen-bond acceptors (Lipinski definition) is 6. The molecule has 1 aliphatic heterocycles. The summed E-state index contributed by atoms with van der Waals surface area (Å²) in [5.74, 6) is 0.735. The number of anilines is 3. The third-order valence-electron chi connectivity index (χ3n) is 5.64. The van der Waals surface area contributed by atoms with Gasteiger partial charge in [-0.15, -0.1) is 5.10 Å². The number of nitrogens with one attached hydrogen (secondary N) is 2. The Hall–Kier alpha value is -2.85. The molecule has 150 valence electrons. The summed E-state index contributed by atoms with van der Waals surface area (Å²) in [6.07, 6.45) is 6.12. The maximum Gasteiger partial charge on any atom is 0.233 e. The maximum absolute atomic E-state index is 14.9. The minimum atomic E-state index is -1.52. The molecule has 4 N–H and O–H groups in total. The number of rotatable bonds is 3. The van der Waals surface area contributed by atoms with Crippen molar-refractivity contribution in [3.63, 3.8) is 0 Å². The fraction of sp³-hybridized carbons (Fsp3) is 0.316. The molecule has 1 fully saturated rings. The Morgan fingerprint density at radius 3 is 2.69 bits per heavy atom. The summed E-state index contributed by atoms with van der Waals surface area (Å²) in [5.41, 5.74) is 3.43. The van der Waals surface area contributed by atoms with Crippen molar-refractivity contribution < 1.29 is 8.60 Å². The molecule has 1 unspecified atom stereocenters. The SMILES string of the molecule is NS(=O)c1ccc(Nc2ncc3cc4n(c3n2)C2(CCCCC2)C(F)=NN4)cc1. The Morgan fingerprint density at radius 2 is 1.97 bits per heavy atom. The number of aromatic nitrogens is 3. The van der Waals surface area contributed by atoms with Gasteiger partial charge in [-0.1, -0.05) is 19.3 Å². The first kappa shape index (κ1) is 18.2. The van der Waals surface area contributed by atoms with Crippen LogP contribution in [0.2, 0.25) is 0 Å². The van der Waals surface area contributed by atoms with Crippen LogP contribution in [0.4, 0.5) is 21.8 Å². The molecule has 1 spiro atoms. The van der Waals surface area contributed by atoms with Gasteiger partial charge in [-0.25, -0.2) is 14.3 Å². The van der Waals surface area contributed by atoms with Crippen molar-refractivity contribution in [2.45, 2.75) is 42.5 Å². The third-order valence-corrected chi connectivity index (χ3v) is 6.38.